The van der Waals surface area contributed by atoms with Crippen molar-refractivity contribution in [3.8, 4) is 0 Å². The Morgan fingerprint density at radius 2 is 1.74 bits per heavy atom. The van der Waals surface area contributed by atoms with Gasteiger partial charge in [-0.3, -0.25) is 9.59 Å². The second-order valence-electron chi connectivity index (χ2n) is 6.19. The van der Waals surface area contributed by atoms with Gasteiger partial charge in [0.2, 0.25) is 0 Å². The molecule has 0 aromatic rings. The van der Waals surface area contributed by atoms with Crippen molar-refractivity contribution in [1.82, 2.24) is 0 Å². The predicted molar refractivity (Wildman–Crippen MR) is 91.5 cm³/mol. The van der Waals surface area contributed by atoms with E-state index in [1.807, 2.05) is 0 Å². The van der Waals surface area contributed by atoms with E-state index in [-0.39, 0.29) is 19.4 Å². The first-order chi connectivity index (χ1) is 12.6. The Hall–Kier alpha value is -2.26. The van der Waals surface area contributed by atoms with Gasteiger partial charge in [0.25, 0.3) is 0 Å². The molecule has 1 N–H and O–H groups in total. The fourth-order valence-corrected chi connectivity index (χ4v) is 2.25. The summed E-state index contributed by atoms with van der Waals surface area (Å²) in [5.74, 6) is -2.87. The number of carbonyl (C=O) groups excluding carboxylic acids is 4. The number of Topliss-reactive ketones (excluding diaryl/α,β-unsaturated/α-hetero) is 1. The Kier molecular flexibility index (Phi) is 9.10. The van der Waals surface area contributed by atoms with Crippen LogP contribution in [-0.2, 0) is 38.1 Å². The van der Waals surface area contributed by atoms with Crippen LogP contribution < -0.4 is 0 Å². The molecule has 0 amide bonds. The molecule has 27 heavy (non-hydrogen) atoms. The molecular weight excluding hydrogens is 360 g/mol. The molecule has 152 valence electrons. The Bertz CT molecular complexity index is 583. The number of carbonyl (C=O) groups is 4. The molecule has 0 radical (unpaired) electrons. The average molecular weight is 386 g/mol. The maximum atomic E-state index is 12.3. The number of ether oxygens (including phenoxy) is 4. The summed E-state index contributed by atoms with van der Waals surface area (Å²) in [5.41, 5.74) is 0. The molecule has 1 aliphatic heterocycles. The van der Waals surface area contributed by atoms with Crippen molar-refractivity contribution in [2.24, 2.45) is 0 Å². The van der Waals surface area contributed by atoms with Gasteiger partial charge in [0.05, 0.1) is 6.42 Å². The van der Waals surface area contributed by atoms with Crippen LogP contribution in [0.25, 0.3) is 0 Å². The molecule has 1 rings (SSSR count). The van der Waals surface area contributed by atoms with Crippen molar-refractivity contribution in [2.45, 2.75) is 71.1 Å². The second-order valence-corrected chi connectivity index (χ2v) is 6.19. The van der Waals surface area contributed by atoms with Gasteiger partial charge in [-0.15, -0.1) is 0 Å². The molecule has 0 aliphatic carbocycles. The van der Waals surface area contributed by atoms with E-state index in [0.717, 1.165) is 12.2 Å². The third-order valence-electron chi connectivity index (χ3n) is 3.76. The van der Waals surface area contributed by atoms with Gasteiger partial charge in [-0.1, -0.05) is 0 Å². The summed E-state index contributed by atoms with van der Waals surface area (Å²) >= 11 is 0. The fraction of sp³-hybridized carbons (Fsp3) is 0.667. The van der Waals surface area contributed by atoms with Gasteiger partial charge in [0.1, 0.15) is 18.3 Å². The molecule has 0 saturated carbocycles. The summed E-state index contributed by atoms with van der Waals surface area (Å²) in [7, 11) is 0. The van der Waals surface area contributed by atoms with Crippen molar-refractivity contribution in [3.63, 3.8) is 0 Å². The summed E-state index contributed by atoms with van der Waals surface area (Å²) in [5, 5.41) is 9.99. The molecule has 0 fully saturated rings. The fourth-order valence-electron chi connectivity index (χ4n) is 2.25. The van der Waals surface area contributed by atoms with Crippen LogP contribution in [0.1, 0.15) is 40.5 Å². The van der Waals surface area contributed by atoms with Gasteiger partial charge >= 0.3 is 17.9 Å². The molecule has 9 nitrogen and oxygen atoms in total. The van der Waals surface area contributed by atoms with Crippen molar-refractivity contribution < 1.29 is 43.2 Å². The van der Waals surface area contributed by atoms with E-state index < -0.39 is 54.2 Å². The largest absolute Gasteiger partial charge is 0.459 e. The van der Waals surface area contributed by atoms with Crippen LogP contribution in [0, 0.1) is 0 Å². The number of ketones is 1. The third-order valence-corrected chi connectivity index (χ3v) is 3.76. The van der Waals surface area contributed by atoms with Crippen molar-refractivity contribution in [3.05, 3.63) is 12.2 Å². The molecule has 0 unspecified atom stereocenters. The van der Waals surface area contributed by atoms with Crippen LogP contribution in [-0.4, -0.2) is 65.9 Å². The molecule has 0 aromatic heterocycles. The quantitative estimate of drug-likeness (QED) is 0.532. The zero-order valence-corrected chi connectivity index (χ0v) is 15.9. The number of hydrogen-bond donors (Lipinski definition) is 1. The van der Waals surface area contributed by atoms with Gasteiger partial charge in [-0.25, -0.2) is 9.59 Å². The SMILES string of the molecule is CCO[C@H]1CC(=O)[C@H](C)OC(=O)C[C@H](C)OC(=O)/C=C/[C@@H](O)[C@H](C)OC1=O. The first-order valence-corrected chi connectivity index (χ1v) is 8.75. The smallest absolute Gasteiger partial charge is 0.336 e. The highest BCUT2D eigenvalue weighted by Crippen LogP contribution is 2.12. The van der Waals surface area contributed by atoms with E-state index in [1.54, 1.807) is 6.92 Å². The van der Waals surface area contributed by atoms with Crippen molar-refractivity contribution >= 4 is 23.7 Å². The summed E-state index contributed by atoms with van der Waals surface area (Å²) in [4.78, 5) is 48.1. The molecule has 0 saturated heterocycles. The highest BCUT2D eigenvalue weighted by Gasteiger charge is 2.30. The Morgan fingerprint density at radius 3 is 2.37 bits per heavy atom. The number of hydrogen-bond acceptors (Lipinski definition) is 9. The second kappa shape index (κ2) is 10.8. The standard InChI is InChI=1S/C18H26O9/c1-5-24-15-9-14(20)12(4)26-17(22)8-10(2)25-16(21)7-6-13(19)11(3)27-18(15)23/h6-7,10-13,15,19H,5,8-9H2,1-4H3/b7-6+/t10-,11-,12-,13+,15-/m0/s1. The number of rotatable bonds is 2. The van der Waals surface area contributed by atoms with Gasteiger partial charge in [0, 0.05) is 19.1 Å². The van der Waals surface area contributed by atoms with Crippen LogP contribution in [0.5, 0.6) is 0 Å². The van der Waals surface area contributed by atoms with E-state index in [4.69, 9.17) is 18.9 Å². The molecule has 1 aliphatic rings. The van der Waals surface area contributed by atoms with E-state index >= 15 is 0 Å². The molecule has 0 aromatic carbocycles. The maximum absolute atomic E-state index is 12.3. The summed E-state index contributed by atoms with van der Waals surface area (Å²) in [6, 6.07) is 0. The average Bonchev–Trinajstić information content (AvgIpc) is 2.57. The summed E-state index contributed by atoms with van der Waals surface area (Å²) in [6.45, 7) is 6.10. The zero-order chi connectivity index (χ0) is 20.6. The number of aliphatic hydroxyl groups excluding tert-OH is 1. The third kappa shape index (κ3) is 7.88. The molecule has 9 heteroatoms. The first-order valence-electron chi connectivity index (χ1n) is 8.75. The molecule has 0 bridgehead atoms. The van der Waals surface area contributed by atoms with Crippen LogP contribution >= 0.6 is 0 Å². The topological polar surface area (TPSA) is 125 Å². The lowest BCUT2D eigenvalue weighted by atomic mass is 10.1. The van der Waals surface area contributed by atoms with Gasteiger partial charge in [-0.2, -0.15) is 0 Å². The van der Waals surface area contributed by atoms with Gasteiger partial charge in [0.15, 0.2) is 18.0 Å². The van der Waals surface area contributed by atoms with Crippen molar-refractivity contribution in [2.75, 3.05) is 6.61 Å². The predicted octanol–water partition coefficient (Wildman–Crippen LogP) is 0.467. The lowest BCUT2D eigenvalue weighted by molar-refractivity contribution is -0.168. The monoisotopic (exact) mass is 386 g/mol. The van der Waals surface area contributed by atoms with Crippen LogP contribution in [0.15, 0.2) is 12.2 Å². The lowest BCUT2D eigenvalue weighted by Gasteiger charge is -2.22. The van der Waals surface area contributed by atoms with E-state index in [2.05, 4.69) is 0 Å². The van der Waals surface area contributed by atoms with E-state index in [0.29, 0.717) is 0 Å². The zero-order valence-electron chi connectivity index (χ0n) is 15.9. The highest BCUT2D eigenvalue weighted by molar-refractivity contribution is 5.90. The minimum absolute atomic E-state index is 0.154. The normalized spacial score (nSPS) is 33.0. The van der Waals surface area contributed by atoms with Crippen LogP contribution in [0.2, 0.25) is 0 Å². The van der Waals surface area contributed by atoms with E-state index in [1.165, 1.54) is 20.8 Å². The highest BCUT2D eigenvalue weighted by atomic mass is 16.6. The maximum Gasteiger partial charge on any atom is 0.336 e. The van der Waals surface area contributed by atoms with Crippen LogP contribution in [0.3, 0.4) is 0 Å². The Morgan fingerprint density at radius 1 is 1.07 bits per heavy atom. The Balaban J connectivity index is 3.02. The summed E-state index contributed by atoms with van der Waals surface area (Å²) in [6.07, 6.45) is -3.84. The Labute approximate surface area is 157 Å². The minimum Gasteiger partial charge on any atom is -0.459 e. The van der Waals surface area contributed by atoms with Gasteiger partial charge in [-0.05, 0) is 33.8 Å². The van der Waals surface area contributed by atoms with E-state index in [9.17, 15) is 24.3 Å². The molecule has 0 spiro atoms. The molecule has 5 atom stereocenters. The first kappa shape index (κ1) is 22.8. The number of aliphatic hydroxyl groups is 1. The number of esters is 3. The molecule has 1 heterocycles. The molecular formula is C18H26O9. The minimum atomic E-state index is -1.27. The van der Waals surface area contributed by atoms with Crippen LogP contribution in [0.4, 0.5) is 0 Å². The lowest BCUT2D eigenvalue weighted by Crippen LogP contribution is -2.37. The van der Waals surface area contributed by atoms with Gasteiger partial charge < -0.3 is 24.1 Å². The summed E-state index contributed by atoms with van der Waals surface area (Å²) < 4.78 is 20.4. The number of cyclic esters (lactones) is 3. The van der Waals surface area contributed by atoms with Crippen molar-refractivity contribution in [1.29, 1.82) is 0 Å².